The van der Waals surface area contributed by atoms with Crippen LogP contribution in [-0.4, -0.2) is 42.8 Å². The van der Waals surface area contributed by atoms with Gasteiger partial charge in [-0.25, -0.2) is 0 Å². The highest BCUT2D eigenvalue weighted by Gasteiger charge is 2.13. The van der Waals surface area contributed by atoms with Crippen molar-refractivity contribution in [1.82, 2.24) is 15.5 Å². The highest BCUT2D eigenvalue weighted by atomic mass is 16.5. The Balaban J connectivity index is 1.59. The summed E-state index contributed by atoms with van der Waals surface area (Å²) in [6.45, 7) is -0.286. The van der Waals surface area contributed by atoms with Crippen molar-refractivity contribution in [1.29, 1.82) is 0 Å². The van der Waals surface area contributed by atoms with Crippen LogP contribution in [0.4, 0.5) is 5.69 Å². The van der Waals surface area contributed by atoms with Gasteiger partial charge in [0.15, 0.2) is 11.5 Å². The van der Waals surface area contributed by atoms with Crippen LogP contribution in [0.3, 0.4) is 0 Å². The molecule has 0 bridgehead atoms. The van der Waals surface area contributed by atoms with E-state index in [-0.39, 0.29) is 35.3 Å². The average Bonchev–Trinajstić information content (AvgIpc) is 2.78. The van der Waals surface area contributed by atoms with Crippen LogP contribution in [0.15, 0.2) is 46.0 Å². The van der Waals surface area contributed by atoms with Crippen LogP contribution in [0.2, 0.25) is 0 Å². The number of H-pyrrole nitrogens is 2. The predicted octanol–water partition coefficient (Wildman–Crippen LogP) is 0.921. The molecule has 162 valence electrons. The number of para-hydroxylation sites is 1. The fourth-order valence-electron chi connectivity index (χ4n) is 3.19. The van der Waals surface area contributed by atoms with E-state index in [2.05, 4.69) is 20.8 Å². The summed E-state index contributed by atoms with van der Waals surface area (Å²) >= 11 is 0. The first-order valence-corrected chi connectivity index (χ1v) is 9.44. The van der Waals surface area contributed by atoms with Crippen LogP contribution in [0.25, 0.3) is 10.8 Å². The third-order valence-electron chi connectivity index (χ3n) is 4.65. The Labute approximate surface area is 176 Å². The first-order valence-electron chi connectivity index (χ1n) is 9.44. The molecule has 2 amide bonds. The number of methoxy groups -OCH3 is 2. The third kappa shape index (κ3) is 4.92. The summed E-state index contributed by atoms with van der Waals surface area (Å²) in [5, 5.41) is 9.75. The maximum atomic E-state index is 12.3. The van der Waals surface area contributed by atoms with Gasteiger partial charge >= 0.3 is 0 Å². The molecule has 0 aliphatic heterocycles. The quantitative estimate of drug-likeness (QED) is 0.422. The number of carbonyl (C=O) groups excluding carboxylic acids is 2. The molecule has 10 nitrogen and oxygen atoms in total. The van der Waals surface area contributed by atoms with E-state index in [1.54, 1.807) is 18.2 Å². The summed E-state index contributed by atoms with van der Waals surface area (Å²) in [6, 6.07) is 9.94. The minimum Gasteiger partial charge on any atom is -0.493 e. The summed E-state index contributed by atoms with van der Waals surface area (Å²) < 4.78 is 10.6. The Kier molecular flexibility index (Phi) is 6.71. The van der Waals surface area contributed by atoms with Crippen LogP contribution in [0, 0.1) is 0 Å². The Morgan fingerprint density at radius 2 is 1.68 bits per heavy atom. The molecule has 0 fully saturated rings. The highest BCUT2D eigenvalue weighted by Crippen LogP contribution is 2.31. The lowest BCUT2D eigenvalue weighted by molar-refractivity contribution is -0.124. The number of ether oxygens (including phenoxy) is 2. The normalized spacial score (nSPS) is 10.5. The number of hydrogen-bond acceptors (Lipinski definition) is 6. The number of carbonyl (C=O) groups is 2. The minimum atomic E-state index is -0.540. The lowest BCUT2D eigenvalue weighted by Gasteiger charge is -2.12. The number of benzene rings is 2. The summed E-state index contributed by atoms with van der Waals surface area (Å²) in [4.78, 5) is 48.3. The van der Waals surface area contributed by atoms with E-state index in [1.165, 1.54) is 26.4 Å². The van der Waals surface area contributed by atoms with E-state index in [0.717, 1.165) is 5.56 Å². The first kappa shape index (κ1) is 21.6. The van der Waals surface area contributed by atoms with Crippen molar-refractivity contribution in [3.05, 3.63) is 62.7 Å². The Morgan fingerprint density at radius 1 is 0.935 bits per heavy atom. The van der Waals surface area contributed by atoms with E-state index in [9.17, 15) is 19.2 Å². The van der Waals surface area contributed by atoms with Gasteiger partial charge < -0.3 is 20.1 Å². The summed E-state index contributed by atoms with van der Waals surface area (Å²) in [6.07, 6.45) is 0.537. The SMILES string of the molecule is COc1cccc(CCC(=O)NCC(=O)Nc2cccc3c(=O)[nH][nH]c(=O)c23)c1OC. The van der Waals surface area contributed by atoms with Gasteiger partial charge in [0.25, 0.3) is 11.1 Å². The number of nitrogens with one attached hydrogen (secondary N) is 4. The second-order valence-electron chi connectivity index (χ2n) is 6.61. The van der Waals surface area contributed by atoms with E-state index in [4.69, 9.17) is 9.47 Å². The molecule has 1 heterocycles. The lowest BCUT2D eigenvalue weighted by atomic mass is 10.1. The zero-order valence-corrected chi connectivity index (χ0v) is 17.0. The van der Waals surface area contributed by atoms with Gasteiger partial charge in [0.2, 0.25) is 11.8 Å². The first-order chi connectivity index (χ1) is 14.9. The molecular weight excluding hydrogens is 404 g/mol. The number of hydrogen-bond donors (Lipinski definition) is 4. The number of anilines is 1. The maximum absolute atomic E-state index is 12.3. The molecule has 0 radical (unpaired) electrons. The molecule has 3 rings (SSSR count). The van der Waals surface area contributed by atoms with Crippen LogP contribution in [0.5, 0.6) is 11.5 Å². The monoisotopic (exact) mass is 426 g/mol. The second-order valence-corrected chi connectivity index (χ2v) is 6.61. The Hall–Kier alpha value is -4.08. The summed E-state index contributed by atoms with van der Waals surface area (Å²) in [5.74, 6) is 0.280. The molecule has 0 spiro atoms. The number of rotatable bonds is 8. The van der Waals surface area contributed by atoms with E-state index in [1.807, 2.05) is 6.07 Å². The van der Waals surface area contributed by atoms with Crippen LogP contribution >= 0.6 is 0 Å². The third-order valence-corrected chi connectivity index (χ3v) is 4.65. The highest BCUT2D eigenvalue weighted by molar-refractivity contribution is 6.02. The fourth-order valence-corrected chi connectivity index (χ4v) is 3.19. The topological polar surface area (TPSA) is 142 Å². The molecule has 10 heteroatoms. The maximum Gasteiger partial charge on any atom is 0.272 e. The van der Waals surface area contributed by atoms with Gasteiger partial charge in [0, 0.05) is 6.42 Å². The molecular formula is C21H22N4O6. The van der Waals surface area contributed by atoms with Crippen molar-refractivity contribution in [2.24, 2.45) is 0 Å². The largest absolute Gasteiger partial charge is 0.493 e. The van der Waals surface area contributed by atoms with Crippen molar-refractivity contribution in [2.45, 2.75) is 12.8 Å². The average molecular weight is 426 g/mol. The van der Waals surface area contributed by atoms with Gasteiger partial charge in [-0.2, -0.15) is 0 Å². The second kappa shape index (κ2) is 9.61. The summed E-state index contributed by atoms with van der Waals surface area (Å²) in [7, 11) is 3.06. The zero-order chi connectivity index (χ0) is 22.4. The zero-order valence-electron chi connectivity index (χ0n) is 17.0. The Morgan fingerprint density at radius 3 is 2.42 bits per heavy atom. The molecule has 0 atom stereocenters. The molecule has 0 saturated heterocycles. The smallest absolute Gasteiger partial charge is 0.272 e. The van der Waals surface area contributed by atoms with Gasteiger partial charge in [0.05, 0.1) is 37.2 Å². The molecule has 0 saturated carbocycles. The number of aryl methyl sites for hydroxylation is 1. The van der Waals surface area contributed by atoms with E-state index < -0.39 is 17.0 Å². The molecule has 3 aromatic rings. The number of aromatic nitrogens is 2. The molecule has 0 aliphatic carbocycles. The van der Waals surface area contributed by atoms with Gasteiger partial charge in [-0.3, -0.25) is 29.4 Å². The van der Waals surface area contributed by atoms with Gasteiger partial charge in [0.1, 0.15) is 0 Å². The number of amides is 2. The van der Waals surface area contributed by atoms with Crippen molar-refractivity contribution in [3.63, 3.8) is 0 Å². The molecule has 1 aromatic heterocycles. The molecule has 0 unspecified atom stereocenters. The van der Waals surface area contributed by atoms with Crippen molar-refractivity contribution in [3.8, 4) is 11.5 Å². The van der Waals surface area contributed by atoms with E-state index in [0.29, 0.717) is 17.9 Å². The lowest BCUT2D eigenvalue weighted by Crippen LogP contribution is -2.33. The van der Waals surface area contributed by atoms with Crippen LogP contribution in [-0.2, 0) is 16.0 Å². The number of fused-ring (bicyclic) bond motifs is 1. The van der Waals surface area contributed by atoms with Crippen LogP contribution in [0.1, 0.15) is 12.0 Å². The predicted molar refractivity (Wildman–Crippen MR) is 115 cm³/mol. The fraction of sp³-hybridized carbons (Fsp3) is 0.238. The molecule has 31 heavy (non-hydrogen) atoms. The summed E-state index contributed by atoms with van der Waals surface area (Å²) in [5.41, 5.74) is -0.0272. The number of aromatic amines is 2. The van der Waals surface area contributed by atoms with Crippen molar-refractivity contribution < 1.29 is 19.1 Å². The van der Waals surface area contributed by atoms with Crippen LogP contribution < -0.4 is 31.2 Å². The van der Waals surface area contributed by atoms with Gasteiger partial charge in [-0.15, -0.1) is 0 Å². The standard InChI is InChI=1S/C21H22N4O6/c1-30-15-8-3-5-12(19(15)31-2)9-10-16(26)22-11-17(27)23-14-7-4-6-13-18(14)21(29)25-24-20(13)28/h3-8H,9-11H2,1-2H3,(H,22,26)(H,23,27)(H,24,28)(H,25,29). The van der Waals surface area contributed by atoms with Crippen molar-refractivity contribution >= 4 is 28.3 Å². The molecule has 4 N–H and O–H groups in total. The van der Waals surface area contributed by atoms with Gasteiger partial charge in [-0.1, -0.05) is 18.2 Å². The minimum absolute atomic E-state index is 0.0658. The molecule has 0 aliphatic rings. The molecule has 2 aromatic carbocycles. The van der Waals surface area contributed by atoms with E-state index >= 15 is 0 Å². The Bertz CT molecular complexity index is 1230. The van der Waals surface area contributed by atoms with Crippen molar-refractivity contribution in [2.75, 3.05) is 26.1 Å². The van der Waals surface area contributed by atoms with Gasteiger partial charge in [-0.05, 0) is 30.2 Å².